The number of nitrogens with two attached hydrogens (primary N) is 1. The van der Waals surface area contributed by atoms with Gasteiger partial charge >= 0.3 is 0 Å². The van der Waals surface area contributed by atoms with Crippen molar-refractivity contribution in [1.82, 2.24) is 9.80 Å². The highest BCUT2D eigenvalue weighted by Gasteiger charge is 2.45. The van der Waals surface area contributed by atoms with Gasteiger partial charge in [-0.05, 0) is 63.0 Å². The molecule has 0 aromatic heterocycles. The van der Waals surface area contributed by atoms with Crippen LogP contribution in [0.2, 0.25) is 0 Å². The van der Waals surface area contributed by atoms with Crippen molar-refractivity contribution < 1.29 is 9.53 Å². The number of fused-ring (bicyclic) bond motifs is 1. The second kappa shape index (κ2) is 6.13. The summed E-state index contributed by atoms with van der Waals surface area (Å²) in [7, 11) is 5.70. The summed E-state index contributed by atoms with van der Waals surface area (Å²) in [4.78, 5) is 17.4. The molecule has 0 bridgehead atoms. The molecule has 0 radical (unpaired) electrons. The van der Waals surface area contributed by atoms with Gasteiger partial charge in [-0.25, -0.2) is 0 Å². The maximum Gasteiger partial charge on any atom is 0.247 e. The van der Waals surface area contributed by atoms with E-state index in [4.69, 9.17) is 10.5 Å². The number of likely N-dealkylation sites (tertiary alicyclic amines) is 1. The van der Waals surface area contributed by atoms with Gasteiger partial charge in [0.2, 0.25) is 5.91 Å². The van der Waals surface area contributed by atoms with Gasteiger partial charge in [-0.3, -0.25) is 4.79 Å². The molecule has 2 N–H and O–H groups in total. The fourth-order valence-electron chi connectivity index (χ4n) is 3.97. The zero-order valence-corrected chi connectivity index (χ0v) is 14.3. The van der Waals surface area contributed by atoms with E-state index in [0.29, 0.717) is 6.42 Å². The molecule has 1 amide bonds. The third-order valence-electron chi connectivity index (χ3n) is 5.54. The quantitative estimate of drug-likeness (QED) is 0.914. The molecule has 5 heteroatoms. The van der Waals surface area contributed by atoms with Crippen LogP contribution in [0, 0.1) is 0 Å². The Morgan fingerprint density at radius 2 is 2.09 bits per heavy atom. The van der Waals surface area contributed by atoms with Gasteiger partial charge in [0.1, 0.15) is 11.3 Å². The second-order valence-electron chi connectivity index (χ2n) is 6.91. The maximum atomic E-state index is 13.2. The lowest BCUT2D eigenvalue weighted by molar-refractivity contribution is -0.139. The molecular weight excluding hydrogens is 290 g/mol. The van der Waals surface area contributed by atoms with Gasteiger partial charge < -0.3 is 20.3 Å². The molecule has 1 aromatic carbocycles. The van der Waals surface area contributed by atoms with E-state index in [1.807, 2.05) is 30.1 Å². The Balaban J connectivity index is 1.83. The topological polar surface area (TPSA) is 58.8 Å². The van der Waals surface area contributed by atoms with Crippen LogP contribution < -0.4 is 10.5 Å². The highest BCUT2D eigenvalue weighted by Crippen LogP contribution is 2.41. The predicted molar refractivity (Wildman–Crippen MR) is 90.5 cm³/mol. The number of rotatable bonds is 3. The Morgan fingerprint density at radius 1 is 1.39 bits per heavy atom. The molecule has 2 aliphatic rings. The van der Waals surface area contributed by atoms with Gasteiger partial charge in [0.15, 0.2) is 0 Å². The van der Waals surface area contributed by atoms with E-state index in [-0.39, 0.29) is 11.9 Å². The van der Waals surface area contributed by atoms with Crippen molar-refractivity contribution in [3.8, 4) is 5.75 Å². The van der Waals surface area contributed by atoms with Crippen molar-refractivity contribution in [1.29, 1.82) is 0 Å². The van der Waals surface area contributed by atoms with Crippen LogP contribution in [0.3, 0.4) is 0 Å². The number of likely N-dealkylation sites (N-methyl/N-ethyl adjacent to an activating group) is 1. The van der Waals surface area contributed by atoms with E-state index < -0.39 is 5.54 Å². The van der Waals surface area contributed by atoms with E-state index in [1.165, 1.54) is 0 Å². The average molecular weight is 317 g/mol. The number of carbonyl (C=O) groups excluding carboxylic acids is 1. The molecule has 1 unspecified atom stereocenters. The Hall–Kier alpha value is -1.59. The Kier molecular flexibility index (Phi) is 4.34. The molecule has 3 rings (SSSR count). The molecule has 0 saturated carbocycles. The number of methoxy groups -OCH3 is 1. The highest BCUT2D eigenvalue weighted by atomic mass is 16.5. The molecule has 0 spiro atoms. The fourth-order valence-corrected chi connectivity index (χ4v) is 3.97. The highest BCUT2D eigenvalue weighted by molar-refractivity contribution is 5.89. The summed E-state index contributed by atoms with van der Waals surface area (Å²) >= 11 is 0. The van der Waals surface area contributed by atoms with Crippen molar-refractivity contribution in [2.75, 3.05) is 34.3 Å². The monoisotopic (exact) mass is 317 g/mol. The van der Waals surface area contributed by atoms with E-state index in [0.717, 1.165) is 49.2 Å². The smallest absolute Gasteiger partial charge is 0.247 e. The van der Waals surface area contributed by atoms with E-state index in [1.54, 1.807) is 7.11 Å². The van der Waals surface area contributed by atoms with Crippen molar-refractivity contribution >= 4 is 5.91 Å². The number of hydrogen-bond donors (Lipinski definition) is 1. The van der Waals surface area contributed by atoms with Gasteiger partial charge in [-0.2, -0.15) is 0 Å². The van der Waals surface area contributed by atoms with Gasteiger partial charge in [0, 0.05) is 13.1 Å². The number of carbonyl (C=O) groups is 1. The third kappa shape index (κ3) is 2.72. The lowest BCUT2D eigenvalue weighted by Crippen LogP contribution is -2.55. The van der Waals surface area contributed by atoms with Crippen LogP contribution in [-0.2, 0) is 16.8 Å². The largest absolute Gasteiger partial charge is 0.496 e. The molecule has 1 aliphatic carbocycles. The van der Waals surface area contributed by atoms with Gasteiger partial charge in [0.25, 0.3) is 0 Å². The fraction of sp³-hybridized carbons (Fsp3) is 0.611. The first kappa shape index (κ1) is 16.3. The zero-order valence-electron chi connectivity index (χ0n) is 14.3. The molecule has 126 valence electrons. The minimum absolute atomic E-state index is 0.0408. The summed E-state index contributed by atoms with van der Waals surface area (Å²) < 4.78 is 5.43. The Bertz CT molecular complexity index is 596. The molecule has 1 saturated heterocycles. The summed E-state index contributed by atoms with van der Waals surface area (Å²) in [6.07, 6.45) is 3.47. The molecule has 5 nitrogen and oxygen atoms in total. The van der Waals surface area contributed by atoms with Crippen LogP contribution in [0.15, 0.2) is 18.2 Å². The summed E-state index contributed by atoms with van der Waals surface area (Å²) in [6.45, 7) is 2.06. The van der Waals surface area contributed by atoms with Crippen LogP contribution in [0.5, 0.6) is 5.75 Å². The second-order valence-corrected chi connectivity index (χ2v) is 6.91. The number of nitrogens with zero attached hydrogens (tertiary/aromatic N) is 2. The Morgan fingerprint density at radius 3 is 2.74 bits per heavy atom. The van der Waals surface area contributed by atoms with Crippen LogP contribution in [0.1, 0.15) is 30.4 Å². The third-order valence-corrected chi connectivity index (χ3v) is 5.54. The average Bonchev–Trinajstić information content (AvgIpc) is 2.93. The minimum Gasteiger partial charge on any atom is -0.496 e. The number of piperidine rings is 1. The van der Waals surface area contributed by atoms with Crippen LogP contribution in [-0.4, -0.2) is 56.0 Å². The number of hydrogen-bond acceptors (Lipinski definition) is 4. The zero-order chi connectivity index (χ0) is 16.6. The summed E-state index contributed by atoms with van der Waals surface area (Å²) in [5, 5.41) is 0. The van der Waals surface area contributed by atoms with Gasteiger partial charge in [0.05, 0.1) is 7.11 Å². The molecule has 1 atom stereocenters. The van der Waals surface area contributed by atoms with E-state index in [2.05, 4.69) is 11.9 Å². The molecule has 1 aromatic rings. The number of amides is 1. The Labute approximate surface area is 138 Å². The van der Waals surface area contributed by atoms with Gasteiger partial charge in [-0.1, -0.05) is 12.1 Å². The normalized spacial score (nSPS) is 25.2. The predicted octanol–water partition coefficient (Wildman–Crippen LogP) is 1.35. The van der Waals surface area contributed by atoms with E-state index >= 15 is 0 Å². The first-order chi connectivity index (χ1) is 11.0. The first-order valence-electron chi connectivity index (χ1n) is 8.38. The van der Waals surface area contributed by atoms with Crippen LogP contribution in [0.4, 0.5) is 0 Å². The summed E-state index contributed by atoms with van der Waals surface area (Å²) in [5.41, 5.74) is 7.72. The van der Waals surface area contributed by atoms with Crippen molar-refractivity contribution in [2.45, 2.75) is 37.3 Å². The lowest BCUT2D eigenvalue weighted by Gasteiger charge is -2.39. The first-order valence-corrected chi connectivity index (χ1v) is 8.38. The van der Waals surface area contributed by atoms with Crippen LogP contribution in [0.25, 0.3) is 0 Å². The molecule has 1 heterocycles. The SMILES string of the molecule is COc1cccc2c1CCC2(N)C(=O)N(C)C1CCN(C)CC1. The lowest BCUT2D eigenvalue weighted by atomic mass is 9.90. The van der Waals surface area contributed by atoms with Gasteiger partial charge in [-0.15, -0.1) is 0 Å². The maximum absolute atomic E-state index is 13.2. The van der Waals surface area contributed by atoms with Crippen molar-refractivity contribution in [3.05, 3.63) is 29.3 Å². The summed E-state index contributed by atoms with van der Waals surface area (Å²) in [6, 6.07) is 6.13. The summed E-state index contributed by atoms with van der Waals surface area (Å²) in [5.74, 6) is 0.878. The molecule has 1 fully saturated rings. The molecular formula is C18H27N3O2. The standard InChI is InChI=1S/C18H27N3O2/c1-20-11-8-13(9-12-20)21(2)17(22)18(19)10-7-14-15(18)5-4-6-16(14)23-3/h4-6,13H,7-12,19H2,1-3H3. The minimum atomic E-state index is -0.915. The van der Waals surface area contributed by atoms with Crippen molar-refractivity contribution in [2.24, 2.45) is 5.73 Å². The molecule has 23 heavy (non-hydrogen) atoms. The van der Waals surface area contributed by atoms with E-state index in [9.17, 15) is 4.79 Å². The van der Waals surface area contributed by atoms with Crippen LogP contribution >= 0.6 is 0 Å². The number of ether oxygens (including phenoxy) is 1. The number of benzene rings is 1. The van der Waals surface area contributed by atoms with Crippen molar-refractivity contribution in [3.63, 3.8) is 0 Å². The molecule has 1 aliphatic heterocycles.